The van der Waals surface area contributed by atoms with Crippen molar-refractivity contribution in [2.45, 2.75) is 26.4 Å². The maximum atomic E-state index is 12.0. The Bertz CT molecular complexity index is 674. The molecule has 2 aromatic rings. The Morgan fingerprint density at radius 2 is 1.85 bits per heavy atom. The summed E-state index contributed by atoms with van der Waals surface area (Å²) in [5.41, 5.74) is 0.382. The number of rotatable bonds is 3. The third-order valence-corrected chi connectivity index (χ3v) is 3.91. The number of hydrogen-bond donors (Lipinski definition) is 0. The molecule has 0 saturated heterocycles. The van der Waals surface area contributed by atoms with E-state index in [1.54, 1.807) is 6.92 Å². The number of ketones is 1. The van der Waals surface area contributed by atoms with E-state index in [0.29, 0.717) is 12.8 Å². The van der Waals surface area contributed by atoms with Crippen molar-refractivity contribution in [2.24, 2.45) is 5.41 Å². The number of carbonyl (C=O) groups is 2. The number of esters is 1. The molecule has 0 amide bonds. The predicted octanol–water partition coefficient (Wildman–Crippen LogP) is 3.25. The van der Waals surface area contributed by atoms with E-state index >= 15 is 0 Å². The Hall–Kier alpha value is -2.16. The maximum Gasteiger partial charge on any atom is 0.313 e. The third kappa shape index (κ3) is 2.20. The summed E-state index contributed by atoms with van der Waals surface area (Å²) in [7, 11) is 0. The van der Waals surface area contributed by atoms with Crippen molar-refractivity contribution in [1.29, 1.82) is 0 Å². The van der Waals surface area contributed by atoms with E-state index in [4.69, 9.17) is 4.74 Å². The molecule has 0 atom stereocenters. The minimum Gasteiger partial charge on any atom is -0.460 e. The molecule has 102 valence electrons. The molecule has 2 aromatic carbocycles. The van der Waals surface area contributed by atoms with Crippen molar-refractivity contribution < 1.29 is 14.3 Å². The van der Waals surface area contributed by atoms with Gasteiger partial charge in [0.15, 0.2) is 0 Å². The first-order chi connectivity index (χ1) is 9.58. The molecule has 0 radical (unpaired) electrons. The Morgan fingerprint density at radius 1 is 1.15 bits per heavy atom. The fourth-order valence-corrected chi connectivity index (χ4v) is 2.70. The van der Waals surface area contributed by atoms with Crippen LogP contribution in [-0.2, 0) is 20.9 Å². The largest absolute Gasteiger partial charge is 0.460 e. The van der Waals surface area contributed by atoms with Crippen molar-refractivity contribution in [3.05, 3.63) is 48.0 Å². The van der Waals surface area contributed by atoms with Gasteiger partial charge in [0, 0.05) is 12.8 Å². The van der Waals surface area contributed by atoms with Gasteiger partial charge in [-0.3, -0.25) is 9.59 Å². The molecule has 1 aliphatic rings. The molecule has 0 heterocycles. The second-order valence-corrected chi connectivity index (χ2v) is 5.67. The highest BCUT2D eigenvalue weighted by molar-refractivity contribution is 5.97. The first-order valence-corrected chi connectivity index (χ1v) is 6.74. The summed E-state index contributed by atoms with van der Waals surface area (Å²) in [6.45, 7) is 2.05. The number of ether oxygens (including phenoxy) is 1. The Morgan fingerprint density at radius 3 is 2.60 bits per heavy atom. The van der Waals surface area contributed by atoms with Crippen LogP contribution in [-0.4, -0.2) is 11.8 Å². The number of benzene rings is 2. The van der Waals surface area contributed by atoms with E-state index < -0.39 is 5.41 Å². The van der Waals surface area contributed by atoms with Crippen molar-refractivity contribution in [2.75, 3.05) is 0 Å². The smallest absolute Gasteiger partial charge is 0.313 e. The predicted molar refractivity (Wildman–Crippen MR) is 76.1 cm³/mol. The van der Waals surface area contributed by atoms with Crippen molar-refractivity contribution in [3.8, 4) is 0 Å². The van der Waals surface area contributed by atoms with E-state index in [9.17, 15) is 9.59 Å². The van der Waals surface area contributed by atoms with E-state index in [1.165, 1.54) is 0 Å². The lowest BCUT2D eigenvalue weighted by Crippen LogP contribution is -2.42. The van der Waals surface area contributed by atoms with Gasteiger partial charge in [-0.2, -0.15) is 0 Å². The summed E-state index contributed by atoms with van der Waals surface area (Å²) in [5, 5.41) is 2.23. The summed E-state index contributed by atoms with van der Waals surface area (Å²) >= 11 is 0. The monoisotopic (exact) mass is 268 g/mol. The van der Waals surface area contributed by atoms with Crippen LogP contribution in [0.15, 0.2) is 42.5 Å². The highest BCUT2D eigenvalue weighted by atomic mass is 16.5. The molecule has 20 heavy (non-hydrogen) atoms. The minimum atomic E-state index is -0.609. The molecule has 1 aliphatic carbocycles. The third-order valence-electron chi connectivity index (χ3n) is 3.91. The molecule has 0 bridgehead atoms. The molecule has 0 N–H and O–H groups in total. The Kier molecular flexibility index (Phi) is 3.05. The summed E-state index contributed by atoms with van der Waals surface area (Å²) in [6.07, 6.45) is 0.614. The van der Waals surface area contributed by atoms with E-state index in [0.717, 1.165) is 16.3 Å². The lowest BCUT2D eigenvalue weighted by Gasteiger charge is -2.33. The highest BCUT2D eigenvalue weighted by Gasteiger charge is 2.46. The average Bonchev–Trinajstić information content (AvgIpc) is 2.43. The normalized spacial score (nSPS) is 16.8. The summed E-state index contributed by atoms with van der Waals surface area (Å²) < 4.78 is 5.40. The number of carbonyl (C=O) groups excluding carboxylic acids is 2. The average molecular weight is 268 g/mol. The van der Waals surface area contributed by atoms with Crippen LogP contribution in [0, 0.1) is 5.41 Å². The Labute approximate surface area is 117 Å². The lowest BCUT2D eigenvalue weighted by atomic mass is 9.69. The zero-order chi connectivity index (χ0) is 14.2. The van der Waals surface area contributed by atoms with E-state index in [-0.39, 0.29) is 18.4 Å². The first kappa shape index (κ1) is 12.9. The van der Waals surface area contributed by atoms with Gasteiger partial charge in [0.1, 0.15) is 12.4 Å². The molecule has 0 spiro atoms. The second kappa shape index (κ2) is 4.75. The minimum absolute atomic E-state index is 0.134. The van der Waals surface area contributed by atoms with Crippen LogP contribution in [0.4, 0.5) is 0 Å². The lowest BCUT2D eigenvalue weighted by molar-refractivity contribution is -0.165. The summed E-state index contributed by atoms with van der Waals surface area (Å²) in [5.74, 6) is -0.139. The van der Waals surface area contributed by atoms with Crippen molar-refractivity contribution in [1.82, 2.24) is 0 Å². The molecule has 3 rings (SSSR count). The molecule has 3 heteroatoms. The van der Waals surface area contributed by atoms with Crippen molar-refractivity contribution in [3.63, 3.8) is 0 Å². The van der Waals surface area contributed by atoms with Crippen molar-refractivity contribution >= 4 is 22.5 Å². The second-order valence-electron chi connectivity index (χ2n) is 5.67. The van der Waals surface area contributed by atoms with Gasteiger partial charge in [-0.25, -0.2) is 0 Å². The molecule has 3 nitrogen and oxygen atoms in total. The van der Waals surface area contributed by atoms with Gasteiger partial charge in [-0.1, -0.05) is 42.5 Å². The fourth-order valence-electron chi connectivity index (χ4n) is 2.70. The summed E-state index contributed by atoms with van der Waals surface area (Å²) in [4.78, 5) is 23.1. The van der Waals surface area contributed by atoms with E-state index in [1.807, 2.05) is 42.5 Å². The molecule has 1 fully saturated rings. The maximum absolute atomic E-state index is 12.0. The number of hydrogen-bond acceptors (Lipinski definition) is 3. The van der Waals surface area contributed by atoms with Crippen LogP contribution in [0.1, 0.15) is 25.3 Å². The van der Waals surface area contributed by atoms with Crippen LogP contribution in [0.2, 0.25) is 0 Å². The topological polar surface area (TPSA) is 43.4 Å². The Balaban J connectivity index is 1.74. The molecule has 0 aromatic heterocycles. The zero-order valence-corrected chi connectivity index (χ0v) is 11.4. The van der Waals surface area contributed by atoms with Gasteiger partial charge in [0.2, 0.25) is 0 Å². The first-order valence-electron chi connectivity index (χ1n) is 6.74. The standard InChI is InChI=1S/C17H16O3/c1-17(9-14(18)10-17)16(19)20-11-13-7-4-6-12-5-2-3-8-15(12)13/h2-8H,9-11H2,1H3. The van der Waals surface area contributed by atoms with Gasteiger partial charge in [0.25, 0.3) is 0 Å². The summed E-state index contributed by atoms with van der Waals surface area (Å²) in [6, 6.07) is 14.0. The molecule has 1 saturated carbocycles. The quantitative estimate of drug-likeness (QED) is 0.802. The van der Waals surface area contributed by atoms with Gasteiger partial charge in [0.05, 0.1) is 5.41 Å². The van der Waals surface area contributed by atoms with Crippen LogP contribution >= 0.6 is 0 Å². The fraction of sp³-hybridized carbons (Fsp3) is 0.294. The van der Waals surface area contributed by atoms with Crippen LogP contribution in [0.3, 0.4) is 0 Å². The van der Waals surface area contributed by atoms with Crippen LogP contribution in [0.5, 0.6) is 0 Å². The number of Topliss-reactive ketones (excluding diaryl/α,β-unsaturated/α-hetero) is 1. The van der Waals surface area contributed by atoms with Gasteiger partial charge in [-0.15, -0.1) is 0 Å². The van der Waals surface area contributed by atoms with Gasteiger partial charge < -0.3 is 4.74 Å². The molecule has 0 aliphatic heterocycles. The van der Waals surface area contributed by atoms with E-state index in [2.05, 4.69) is 0 Å². The zero-order valence-electron chi connectivity index (χ0n) is 11.4. The molecular formula is C17H16O3. The van der Waals surface area contributed by atoms with Crippen LogP contribution < -0.4 is 0 Å². The SMILES string of the molecule is CC1(C(=O)OCc2cccc3ccccc23)CC(=O)C1. The highest BCUT2D eigenvalue weighted by Crippen LogP contribution is 2.38. The molecular weight excluding hydrogens is 252 g/mol. The van der Waals surface area contributed by atoms with Gasteiger partial charge in [-0.05, 0) is 23.3 Å². The molecule has 0 unspecified atom stereocenters. The van der Waals surface area contributed by atoms with Gasteiger partial charge >= 0.3 is 5.97 Å². The van der Waals surface area contributed by atoms with Crippen LogP contribution in [0.25, 0.3) is 10.8 Å². The number of fused-ring (bicyclic) bond motifs is 1.